The van der Waals surface area contributed by atoms with E-state index >= 15 is 0 Å². The highest BCUT2D eigenvalue weighted by molar-refractivity contribution is 7.92. The molecule has 0 aromatic heterocycles. The SMILES string of the molecule is CC(C)CCS(=O)(=O)N1CCC(=NO)c2ccccc21. The number of benzene rings is 1. The Hall–Kier alpha value is -1.56. The van der Waals surface area contributed by atoms with Gasteiger partial charge in [0.05, 0.1) is 17.2 Å². The van der Waals surface area contributed by atoms with Crippen LogP contribution in [0.5, 0.6) is 0 Å². The second kappa shape index (κ2) is 5.83. The monoisotopic (exact) mass is 296 g/mol. The molecular formula is C14H20N2O3S. The van der Waals surface area contributed by atoms with E-state index in [9.17, 15) is 8.42 Å². The summed E-state index contributed by atoms with van der Waals surface area (Å²) in [6, 6.07) is 7.15. The van der Waals surface area contributed by atoms with E-state index in [1.807, 2.05) is 19.9 Å². The number of oxime groups is 1. The lowest BCUT2D eigenvalue weighted by molar-refractivity contribution is 0.318. The van der Waals surface area contributed by atoms with Crippen molar-refractivity contribution < 1.29 is 13.6 Å². The van der Waals surface area contributed by atoms with Crippen molar-refractivity contribution in [2.24, 2.45) is 11.1 Å². The van der Waals surface area contributed by atoms with Gasteiger partial charge in [0.25, 0.3) is 0 Å². The first-order valence-corrected chi connectivity index (χ1v) is 8.37. The Morgan fingerprint density at radius 1 is 1.35 bits per heavy atom. The average molecular weight is 296 g/mol. The number of anilines is 1. The van der Waals surface area contributed by atoms with Crippen LogP contribution in [-0.2, 0) is 10.0 Å². The van der Waals surface area contributed by atoms with Gasteiger partial charge >= 0.3 is 0 Å². The largest absolute Gasteiger partial charge is 0.411 e. The van der Waals surface area contributed by atoms with Gasteiger partial charge in [-0.3, -0.25) is 4.31 Å². The molecule has 0 saturated heterocycles. The van der Waals surface area contributed by atoms with E-state index in [1.54, 1.807) is 18.2 Å². The van der Waals surface area contributed by atoms with Crippen molar-refractivity contribution in [2.45, 2.75) is 26.7 Å². The maximum atomic E-state index is 12.5. The molecular weight excluding hydrogens is 276 g/mol. The third-order valence-electron chi connectivity index (χ3n) is 3.44. The van der Waals surface area contributed by atoms with Crippen molar-refractivity contribution in [1.82, 2.24) is 0 Å². The highest BCUT2D eigenvalue weighted by Crippen LogP contribution is 2.30. The Kier molecular flexibility index (Phi) is 4.32. The number of sulfonamides is 1. The van der Waals surface area contributed by atoms with Gasteiger partial charge in [-0.2, -0.15) is 0 Å². The number of fused-ring (bicyclic) bond motifs is 1. The number of rotatable bonds is 4. The number of hydrogen-bond acceptors (Lipinski definition) is 4. The minimum atomic E-state index is -3.33. The minimum Gasteiger partial charge on any atom is -0.411 e. The average Bonchev–Trinajstić information content (AvgIpc) is 2.44. The lowest BCUT2D eigenvalue weighted by atomic mass is 10.0. The van der Waals surface area contributed by atoms with Crippen molar-refractivity contribution in [3.63, 3.8) is 0 Å². The molecule has 0 aliphatic carbocycles. The van der Waals surface area contributed by atoms with Crippen molar-refractivity contribution in [3.8, 4) is 0 Å². The fraction of sp³-hybridized carbons (Fsp3) is 0.500. The Balaban J connectivity index is 2.35. The van der Waals surface area contributed by atoms with Crippen LogP contribution >= 0.6 is 0 Å². The van der Waals surface area contributed by atoms with Gasteiger partial charge in [0, 0.05) is 18.5 Å². The van der Waals surface area contributed by atoms with E-state index in [0.717, 1.165) is 0 Å². The molecule has 0 spiro atoms. The quantitative estimate of drug-likeness (QED) is 0.685. The van der Waals surface area contributed by atoms with Gasteiger partial charge < -0.3 is 5.21 Å². The first-order valence-electron chi connectivity index (χ1n) is 6.76. The van der Waals surface area contributed by atoms with Crippen LogP contribution in [0.2, 0.25) is 0 Å². The molecule has 1 aromatic rings. The van der Waals surface area contributed by atoms with Gasteiger partial charge in [-0.05, 0) is 18.4 Å². The summed E-state index contributed by atoms with van der Waals surface area (Å²) in [4.78, 5) is 0. The highest BCUT2D eigenvalue weighted by Gasteiger charge is 2.29. The Morgan fingerprint density at radius 3 is 2.70 bits per heavy atom. The summed E-state index contributed by atoms with van der Waals surface area (Å²) >= 11 is 0. The molecule has 1 aromatic carbocycles. The van der Waals surface area contributed by atoms with Crippen LogP contribution in [0.1, 0.15) is 32.3 Å². The van der Waals surface area contributed by atoms with Gasteiger partial charge in [-0.1, -0.05) is 37.2 Å². The molecule has 1 heterocycles. The number of para-hydroxylation sites is 1. The van der Waals surface area contributed by atoms with E-state index in [4.69, 9.17) is 5.21 Å². The predicted octanol–water partition coefficient (Wildman–Crippen LogP) is 2.45. The molecule has 0 atom stereocenters. The van der Waals surface area contributed by atoms with E-state index < -0.39 is 10.0 Å². The zero-order valence-electron chi connectivity index (χ0n) is 11.8. The van der Waals surface area contributed by atoms with Gasteiger partial charge in [-0.15, -0.1) is 0 Å². The van der Waals surface area contributed by atoms with E-state index in [0.29, 0.717) is 42.3 Å². The van der Waals surface area contributed by atoms with Crippen LogP contribution in [0.4, 0.5) is 5.69 Å². The van der Waals surface area contributed by atoms with Crippen molar-refractivity contribution in [3.05, 3.63) is 29.8 Å². The molecule has 0 unspecified atom stereocenters. The molecule has 110 valence electrons. The summed E-state index contributed by atoms with van der Waals surface area (Å²) in [7, 11) is -3.33. The van der Waals surface area contributed by atoms with Crippen molar-refractivity contribution >= 4 is 21.4 Å². The zero-order chi connectivity index (χ0) is 14.8. The van der Waals surface area contributed by atoms with Crippen LogP contribution in [-0.4, -0.2) is 31.6 Å². The van der Waals surface area contributed by atoms with Crippen LogP contribution in [0, 0.1) is 5.92 Å². The first-order chi connectivity index (χ1) is 9.45. The van der Waals surface area contributed by atoms with Crippen LogP contribution in [0.15, 0.2) is 29.4 Å². The summed E-state index contributed by atoms with van der Waals surface area (Å²) in [6.45, 7) is 4.35. The molecule has 6 heteroatoms. The molecule has 1 aliphatic rings. The molecule has 0 fully saturated rings. The predicted molar refractivity (Wildman–Crippen MR) is 80.0 cm³/mol. The number of nitrogens with zero attached hydrogens (tertiary/aromatic N) is 2. The van der Waals surface area contributed by atoms with Crippen LogP contribution in [0.25, 0.3) is 0 Å². The van der Waals surface area contributed by atoms with Gasteiger partial charge in [0.1, 0.15) is 0 Å². The standard InChI is InChI=1S/C14H20N2O3S/c1-11(2)8-10-20(18,19)16-9-7-13(15-17)12-5-3-4-6-14(12)16/h3-6,11,17H,7-10H2,1-2H3. The smallest absolute Gasteiger partial charge is 0.235 e. The zero-order valence-corrected chi connectivity index (χ0v) is 12.6. The van der Waals surface area contributed by atoms with Gasteiger partial charge in [-0.25, -0.2) is 8.42 Å². The summed E-state index contributed by atoms with van der Waals surface area (Å²) in [5.41, 5.74) is 1.83. The summed E-state index contributed by atoms with van der Waals surface area (Å²) < 4.78 is 26.4. The molecule has 0 saturated carbocycles. The molecule has 20 heavy (non-hydrogen) atoms. The lowest BCUT2D eigenvalue weighted by Crippen LogP contribution is -2.39. The first kappa shape index (κ1) is 14.8. The van der Waals surface area contributed by atoms with Crippen LogP contribution in [0.3, 0.4) is 0 Å². The van der Waals surface area contributed by atoms with Gasteiger partial charge in [0.2, 0.25) is 10.0 Å². The lowest BCUT2D eigenvalue weighted by Gasteiger charge is -2.30. The summed E-state index contributed by atoms with van der Waals surface area (Å²) in [5.74, 6) is 0.490. The normalized spacial score (nSPS) is 17.6. The van der Waals surface area contributed by atoms with Gasteiger partial charge in [0.15, 0.2) is 0 Å². The van der Waals surface area contributed by atoms with E-state index in [-0.39, 0.29) is 5.75 Å². The molecule has 1 N–H and O–H groups in total. The molecule has 2 rings (SSSR count). The maximum Gasteiger partial charge on any atom is 0.235 e. The minimum absolute atomic E-state index is 0.143. The Bertz CT molecular complexity index is 609. The summed E-state index contributed by atoms with van der Waals surface area (Å²) in [6.07, 6.45) is 1.07. The second-order valence-corrected chi connectivity index (χ2v) is 7.40. The highest BCUT2D eigenvalue weighted by atomic mass is 32.2. The molecule has 0 amide bonds. The fourth-order valence-corrected chi connectivity index (χ4v) is 4.10. The fourth-order valence-electron chi connectivity index (χ4n) is 2.29. The third kappa shape index (κ3) is 2.95. The Labute approximate surface area is 120 Å². The molecule has 1 aliphatic heterocycles. The summed E-state index contributed by atoms with van der Waals surface area (Å²) in [5, 5.41) is 12.3. The number of hydrogen-bond donors (Lipinski definition) is 1. The maximum absolute atomic E-state index is 12.5. The van der Waals surface area contributed by atoms with E-state index in [1.165, 1.54) is 4.31 Å². The van der Waals surface area contributed by atoms with E-state index in [2.05, 4.69) is 5.16 Å². The van der Waals surface area contributed by atoms with Crippen molar-refractivity contribution in [1.29, 1.82) is 0 Å². The van der Waals surface area contributed by atoms with Crippen molar-refractivity contribution in [2.75, 3.05) is 16.6 Å². The van der Waals surface area contributed by atoms with Crippen LogP contribution < -0.4 is 4.31 Å². The molecule has 0 bridgehead atoms. The third-order valence-corrected chi connectivity index (χ3v) is 5.25. The topological polar surface area (TPSA) is 70.0 Å². The molecule has 0 radical (unpaired) electrons. The second-order valence-electron chi connectivity index (χ2n) is 5.38. The molecule has 5 nitrogen and oxygen atoms in total. The Morgan fingerprint density at radius 2 is 2.05 bits per heavy atom.